The van der Waals surface area contributed by atoms with Crippen LogP contribution in [-0.2, 0) is 0 Å². The summed E-state index contributed by atoms with van der Waals surface area (Å²) in [5.74, 6) is 0. The second-order valence-corrected chi connectivity index (χ2v) is 7.15. The fraction of sp³-hybridized carbons (Fsp3) is 0.125. The first-order valence-corrected chi connectivity index (χ1v) is 9.16. The van der Waals surface area contributed by atoms with Gasteiger partial charge in [-0.15, -0.1) is 0 Å². The third kappa shape index (κ3) is 2.39. The zero-order valence-corrected chi connectivity index (χ0v) is 15.7. The molecule has 5 aromatic rings. The molecule has 0 aliphatic heterocycles. The molecule has 3 heteroatoms. The van der Waals surface area contributed by atoms with Crippen molar-refractivity contribution in [2.75, 3.05) is 0 Å². The predicted octanol–water partition coefficient (Wildman–Crippen LogP) is 6.36. The van der Waals surface area contributed by atoms with Crippen LogP contribution in [0.15, 0.2) is 71.3 Å². The van der Waals surface area contributed by atoms with Gasteiger partial charge >= 0.3 is 0 Å². The first kappa shape index (κ1) is 15.9. The molecule has 0 unspecified atom stereocenters. The van der Waals surface area contributed by atoms with Gasteiger partial charge < -0.3 is 4.42 Å². The molecule has 2 aromatic heterocycles. The smallest absolute Gasteiger partial charge is 0.161 e. The Morgan fingerprint density at radius 2 is 1.56 bits per heavy atom. The van der Waals surface area contributed by atoms with E-state index in [9.17, 15) is 0 Å². The van der Waals surface area contributed by atoms with Crippen LogP contribution in [0.1, 0.15) is 16.7 Å². The highest BCUT2D eigenvalue weighted by Gasteiger charge is 2.17. The average Bonchev–Trinajstić information content (AvgIpc) is 3.25. The Balaban J connectivity index is 1.80. The Hall–Kier alpha value is -3.33. The van der Waals surface area contributed by atoms with Gasteiger partial charge in [0.25, 0.3) is 0 Å². The number of nitrogens with zero attached hydrogens (tertiary/aromatic N) is 2. The van der Waals surface area contributed by atoms with E-state index in [4.69, 9.17) is 4.42 Å². The van der Waals surface area contributed by atoms with Crippen LogP contribution in [0.5, 0.6) is 0 Å². The summed E-state index contributed by atoms with van der Waals surface area (Å²) in [5, 5.41) is 6.89. The summed E-state index contributed by atoms with van der Waals surface area (Å²) < 4.78 is 8.21. The van der Waals surface area contributed by atoms with Gasteiger partial charge in [-0.1, -0.05) is 48.0 Å². The second kappa shape index (κ2) is 5.85. The van der Waals surface area contributed by atoms with Crippen molar-refractivity contribution in [3.05, 3.63) is 83.6 Å². The van der Waals surface area contributed by atoms with Gasteiger partial charge in [0.15, 0.2) is 5.58 Å². The molecule has 0 spiro atoms. The lowest BCUT2D eigenvalue weighted by Gasteiger charge is -2.14. The van der Waals surface area contributed by atoms with Gasteiger partial charge in [0.05, 0.1) is 11.9 Å². The fourth-order valence-corrected chi connectivity index (χ4v) is 4.17. The van der Waals surface area contributed by atoms with E-state index in [1.165, 1.54) is 22.3 Å². The summed E-state index contributed by atoms with van der Waals surface area (Å²) in [6.45, 7) is 6.46. The highest BCUT2D eigenvalue weighted by atomic mass is 16.3. The minimum atomic E-state index is 0.867. The molecule has 0 radical (unpaired) electrons. The normalized spacial score (nSPS) is 11.5. The number of aryl methyl sites for hydroxylation is 3. The number of furan rings is 1. The highest BCUT2D eigenvalue weighted by Crippen LogP contribution is 2.35. The average molecular weight is 352 g/mol. The van der Waals surface area contributed by atoms with Crippen molar-refractivity contribution in [3.8, 4) is 16.9 Å². The standard InChI is InChI=1S/C24H20N2O/c1-15-13-16(2)23(17(3)14-15)20-11-12-25-26(20)21-9-6-8-19-18-7-4-5-10-22(18)27-24(19)21/h4-14H,1-3H3. The van der Waals surface area contributed by atoms with Gasteiger partial charge in [-0.25, -0.2) is 4.68 Å². The summed E-state index contributed by atoms with van der Waals surface area (Å²) in [5.41, 5.74) is 8.82. The maximum absolute atomic E-state index is 6.22. The van der Waals surface area contributed by atoms with E-state index in [1.54, 1.807) is 0 Å². The monoisotopic (exact) mass is 352 g/mol. The van der Waals surface area contributed by atoms with Crippen LogP contribution in [0.4, 0.5) is 0 Å². The van der Waals surface area contributed by atoms with Crippen molar-refractivity contribution in [1.29, 1.82) is 0 Å². The topological polar surface area (TPSA) is 31.0 Å². The first-order valence-electron chi connectivity index (χ1n) is 9.16. The molecule has 0 aliphatic rings. The number of rotatable bonds is 2. The predicted molar refractivity (Wildman–Crippen MR) is 110 cm³/mol. The summed E-state index contributed by atoms with van der Waals surface area (Å²) in [6, 6.07) is 20.9. The maximum atomic E-state index is 6.22. The van der Waals surface area contributed by atoms with Gasteiger partial charge in [-0.2, -0.15) is 5.10 Å². The lowest BCUT2D eigenvalue weighted by Crippen LogP contribution is -2.01. The fourth-order valence-electron chi connectivity index (χ4n) is 4.17. The third-order valence-electron chi connectivity index (χ3n) is 5.19. The SMILES string of the molecule is Cc1cc(C)c(-c2ccnn2-c2cccc3c2oc2ccccc23)c(C)c1. The Bertz CT molecular complexity index is 1280. The molecule has 3 aromatic carbocycles. The molecule has 0 fully saturated rings. The van der Waals surface area contributed by atoms with Gasteiger partial charge in [-0.3, -0.25) is 0 Å². The molecule has 132 valence electrons. The third-order valence-corrected chi connectivity index (χ3v) is 5.19. The number of benzene rings is 3. The van der Waals surface area contributed by atoms with E-state index in [0.717, 1.165) is 33.3 Å². The Morgan fingerprint density at radius 3 is 2.37 bits per heavy atom. The maximum Gasteiger partial charge on any atom is 0.161 e. The Kier molecular flexibility index (Phi) is 3.44. The molecule has 0 atom stereocenters. The molecule has 0 N–H and O–H groups in total. The summed E-state index contributed by atoms with van der Waals surface area (Å²) in [4.78, 5) is 0. The van der Waals surface area contributed by atoms with Crippen molar-refractivity contribution < 1.29 is 4.42 Å². The number of hydrogen-bond donors (Lipinski definition) is 0. The van der Waals surface area contributed by atoms with Gasteiger partial charge in [0.1, 0.15) is 11.3 Å². The molecule has 0 saturated carbocycles. The van der Waals surface area contributed by atoms with Crippen LogP contribution in [-0.4, -0.2) is 9.78 Å². The van der Waals surface area contributed by atoms with E-state index < -0.39 is 0 Å². The molecule has 2 heterocycles. The summed E-state index contributed by atoms with van der Waals surface area (Å²) in [7, 11) is 0. The van der Waals surface area contributed by atoms with Crippen molar-refractivity contribution >= 4 is 21.9 Å². The van der Waals surface area contributed by atoms with Crippen molar-refractivity contribution in [3.63, 3.8) is 0 Å². The number of aromatic nitrogens is 2. The van der Waals surface area contributed by atoms with Crippen molar-refractivity contribution in [1.82, 2.24) is 9.78 Å². The van der Waals surface area contributed by atoms with E-state index in [1.807, 2.05) is 29.1 Å². The Labute approximate surface area is 157 Å². The van der Waals surface area contributed by atoms with Crippen LogP contribution in [0.2, 0.25) is 0 Å². The molecule has 0 bridgehead atoms. The van der Waals surface area contributed by atoms with E-state index in [2.05, 4.69) is 68.3 Å². The van der Waals surface area contributed by atoms with Gasteiger partial charge in [0, 0.05) is 16.3 Å². The number of fused-ring (bicyclic) bond motifs is 3. The minimum Gasteiger partial charge on any atom is -0.454 e. The molecule has 5 rings (SSSR count). The quantitative estimate of drug-likeness (QED) is 0.370. The molecule has 3 nitrogen and oxygen atoms in total. The van der Waals surface area contributed by atoms with Crippen LogP contribution >= 0.6 is 0 Å². The molecule has 0 amide bonds. The van der Waals surface area contributed by atoms with Crippen LogP contribution in [0.3, 0.4) is 0 Å². The largest absolute Gasteiger partial charge is 0.454 e. The number of hydrogen-bond acceptors (Lipinski definition) is 2. The molecular formula is C24H20N2O. The zero-order chi connectivity index (χ0) is 18.5. The van der Waals surface area contributed by atoms with Crippen molar-refractivity contribution in [2.45, 2.75) is 20.8 Å². The van der Waals surface area contributed by atoms with E-state index >= 15 is 0 Å². The zero-order valence-electron chi connectivity index (χ0n) is 15.7. The lowest BCUT2D eigenvalue weighted by molar-refractivity contribution is 0.662. The van der Waals surface area contributed by atoms with E-state index in [0.29, 0.717) is 0 Å². The van der Waals surface area contributed by atoms with Gasteiger partial charge in [-0.05, 0) is 50.1 Å². The summed E-state index contributed by atoms with van der Waals surface area (Å²) in [6.07, 6.45) is 1.86. The summed E-state index contributed by atoms with van der Waals surface area (Å²) >= 11 is 0. The van der Waals surface area contributed by atoms with Crippen LogP contribution < -0.4 is 0 Å². The minimum absolute atomic E-state index is 0.867. The molecule has 0 aliphatic carbocycles. The second-order valence-electron chi connectivity index (χ2n) is 7.15. The van der Waals surface area contributed by atoms with Gasteiger partial charge in [0.2, 0.25) is 0 Å². The van der Waals surface area contributed by atoms with Crippen LogP contribution in [0, 0.1) is 20.8 Å². The van der Waals surface area contributed by atoms with Crippen molar-refractivity contribution in [2.24, 2.45) is 0 Å². The van der Waals surface area contributed by atoms with E-state index in [-0.39, 0.29) is 0 Å². The molecular weight excluding hydrogens is 332 g/mol. The number of para-hydroxylation sites is 2. The molecule has 27 heavy (non-hydrogen) atoms. The molecule has 0 saturated heterocycles. The lowest BCUT2D eigenvalue weighted by atomic mass is 9.97. The first-order chi connectivity index (χ1) is 13.1. The van der Waals surface area contributed by atoms with Crippen LogP contribution in [0.25, 0.3) is 38.9 Å². The highest BCUT2D eigenvalue weighted by molar-refractivity contribution is 6.07. The Morgan fingerprint density at radius 1 is 0.815 bits per heavy atom.